The van der Waals surface area contributed by atoms with Gasteiger partial charge in [-0.05, 0) is 58.4 Å². The summed E-state index contributed by atoms with van der Waals surface area (Å²) in [5.74, 6) is 0.854. The molecule has 1 unspecified atom stereocenters. The highest BCUT2D eigenvalue weighted by atomic mass is 19.4. The van der Waals surface area contributed by atoms with Gasteiger partial charge in [0.2, 0.25) is 0 Å². The second-order valence-electron chi connectivity index (χ2n) is 10.3. The zero-order chi connectivity index (χ0) is 27.9. The summed E-state index contributed by atoms with van der Waals surface area (Å²) in [6.07, 6.45) is -3.67. The highest BCUT2D eigenvalue weighted by Crippen LogP contribution is 2.35. The van der Waals surface area contributed by atoms with Crippen LogP contribution in [0, 0.1) is 5.92 Å². The number of hydrogen-bond acceptors (Lipinski definition) is 4. The molecule has 0 saturated carbocycles. The molecule has 4 nitrogen and oxygen atoms in total. The van der Waals surface area contributed by atoms with Gasteiger partial charge in [0.05, 0.1) is 6.61 Å². The van der Waals surface area contributed by atoms with Gasteiger partial charge in [0.1, 0.15) is 18.1 Å². The first-order valence-corrected chi connectivity index (χ1v) is 12.7. The van der Waals surface area contributed by atoms with Crippen LogP contribution in [0.1, 0.15) is 58.6 Å². The Morgan fingerprint density at radius 3 is 2.05 bits per heavy atom. The molecule has 1 atom stereocenters. The van der Waals surface area contributed by atoms with Crippen molar-refractivity contribution in [3.8, 4) is 28.4 Å². The van der Waals surface area contributed by atoms with E-state index >= 15 is 0 Å². The third-order valence-corrected chi connectivity index (χ3v) is 6.29. The molecular formula is C31H35F3O4. The normalized spacial score (nSPS) is 12.6. The topological polar surface area (TPSA) is 44.8 Å². The monoisotopic (exact) mass is 528 g/mol. The minimum atomic E-state index is -4.74. The fourth-order valence-corrected chi connectivity index (χ4v) is 3.89. The van der Waals surface area contributed by atoms with Gasteiger partial charge in [-0.3, -0.25) is 4.79 Å². The Kier molecular flexibility index (Phi) is 9.47. The molecule has 7 heteroatoms. The SMILES string of the molecule is CCC(=O)C(C)CCOc1ccc(-c2ccc(OC(F)(F)F)cc2)cc1OCc1ccc(C(C)(C)C)cc1. The van der Waals surface area contributed by atoms with Crippen LogP contribution in [0.2, 0.25) is 0 Å². The third-order valence-electron chi connectivity index (χ3n) is 6.29. The van der Waals surface area contributed by atoms with E-state index in [0.29, 0.717) is 43.1 Å². The number of halogens is 3. The van der Waals surface area contributed by atoms with Crippen LogP contribution in [0.5, 0.6) is 17.2 Å². The van der Waals surface area contributed by atoms with E-state index in [-0.39, 0.29) is 22.9 Å². The predicted molar refractivity (Wildman–Crippen MR) is 143 cm³/mol. The Hall–Kier alpha value is -3.48. The standard InChI is InChI=1S/C31H35F3O4/c1-6-27(35)21(2)17-18-36-28-16-11-24(23-9-14-26(15-10-23)38-31(32,33)34)19-29(28)37-20-22-7-12-25(13-8-22)30(3,4)5/h7-16,19,21H,6,17-18,20H2,1-5H3. The van der Waals surface area contributed by atoms with Crippen LogP contribution in [-0.4, -0.2) is 18.8 Å². The van der Waals surface area contributed by atoms with E-state index in [9.17, 15) is 18.0 Å². The maximum absolute atomic E-state index is 12.5. The van der Waals surface area contributed by atoms with Crippen molar-refractivity contribution in [1.82, 2.24) is 0 Å². The largest absolute Gasteiger partial charge is 0.573 e. The van der Waals surface area contributed by atoms with Gasteiger partial charge in [0, 0.05) is 12.3 Å². The number of carbonyl (C=O) groups is 1. The number of Topliss-reactive ketones (excluding diaryl/α,β-unsaturated/α-hetero) is 1. The number of benzene rings is 3. The highest BCUT2D eigenvalue weighted by molar-refractivity contribution is 5.80. The summed E-state index contributed by atoms with van der Waals surface area (Å²) in [7, 11) is 0. The molecule has 0 aliphatic rings. The molecule has 0 bridgehead atoms. The molecule has 204 valence electrons. The highest BCUT2D eigenvalue weighted by Gasteiger charge is 2.31. The first-order chi connectivity index (χ1) is 17.9. The number of carbonyl (C=O) groups excluding carboxylic acids is 1. The molecule has 0 radical (unpaired) electrons. The molecule has 3 rings (SSSR count). The second-order valence-corrected chi connectivity index (χ2v) is 10.3. The Balaban J connectivity index is 1.80. The average molecular weight is 529 g/mol. The predicted octanol–water partition coefficient (Wildman–Crippen LogP) is 8.51. The minimum absolute atomic E-state index is 0.0473. The van der Waals surface area contributed by atoms with Gasteiger partial charge in [-0.2, -0.15) is 0 Å². The lowest BCUT2D eigenvalue weighted by atomic mass is 9.87. The summed E-state index contributed by atoms with van der Waals surface area (Å²) in [4.78, 5) is 11.9. The van der Waals surface area contributed by atoms with Crippen molar-refractivity contribution in [3.63, 3.8) is 0 Å². The third kappa shape index (κ3) is 8.54. The molecule has 0 amide bonds. The summed E-state index contributed by atoms with van der Waals surface area (Å²) >= 11 is 0. The Labute approximate surface area is 222 Å². The molecular weight excluding hydrogens is 493 g/mol. The Morgan fingerprint density at radius 2 is 1.47 bits per heavy atom. The molecule has 3 aromatic carbocycles. The fraction of sp³-hybridized carbons (Fsp3) is 0.387. The Bertz CT molecular complexity index is 1190. The maximum atomic E-state index is 12.5. The lowest BCUT2D eigenvalue weighted by Gasteiger charge is -2.19. The lowest BCUT2D eigenvalue weighted by molar-refractivity contribution is -0.274. The number of ether oxygens (including phenoxy) is 3. The average Bonchev–Trinajstić information content (AvgIpc) is 2.86. The fourth-order valence-electron chi connectivity index (χ4n) is 3.89. The molecule has 0 spiro atoms. The van der Waals surface area contributed by atoms with Gasteiger partial charge in [0.25, 0.3) is 0 Å². The van der Waals surface area contributed by atoms with Crippen molar-refractivity contribution in [3.05, 3.63) is 77.9 Å². The van der Waals surface area contributed by atoms with Gasteiger partial charge >= 0.3 is 6.36 Å². The van der Waals surface area contributed by atoms with Crippen molar-refractivity contribution in [1.29, 1.82) is 0 Å². The van der Waals surface area contributed by atoms with Crippen LogP contribution < -0.4 is 14.2 Å². The lowest BCUT2D eigenvalue weighted by Crippen LogP contribution is -2.16. The van der Waals surface area contributed by atoms with E-state index in [1.54, 1.807) is 24.3 Å². The maximum Gasteiger partial charge on any atom is 0.573 e. The van der Waals surface area contributed by atoms with Crippen LogP contribution in [-0.2, 0) is 16.8 Å². The first-order valence-electron chi connectivity index (χ1n) is 12.7. The summed E-state index contributed by atoms with van der Waals surface area (Å²) in [5.41, 5.74) is 3.72. The van der Waals surface area contributed by atoms with E-state index in [1.165, 1.54) is 17.7 Å². The number of hydrogen-bond donors (Lipinski definition) is 0. The van der Waals surface area contributed by atoms with E-state index in [2.05, 4.69) is 37.6 Å². The van der Waals surface area contributed by atoms with Gasteiger partial charge in [-0.25, -0.2) is 0 Å². The van der Waals surface area contributed by atoms with E-state index in [1.807, 2.05) is 32.0 Å². The molecule has 0 saturated heterocycles. The van der Waals surface area contributed by atoms with Crippen molar-refractivity contribution in [2.24, 2.45) is 5.92 Å². The summed E-state index contributed by atoms with van der Waals surface area (Å²) < 4.78 is 53.7. The van der Waals surface area contributed by atoms with Crippen molar-refractivity contribution in [2.75, 3.05) is 6.61 Å². The van der Waals surface area contributed by atoms with E-state index in [4.69, 9.17) is 9.47 Å². The molecule has 0 fully saturated rings. The van der Waals surface area contributed by atoms with E-state index < -0.39 is 6.36 Å². The number of rotatable bonds is 11. The summed E-state index contributed by atoms with van der Waals surface area (Å²) in [6.45, 7) is 10.9. The van der Waals surface area contributed by atoms with Gasteiger partial charge in [-0.15, -0.1) is 13.2 Å². The van der Waals surface area contributed by atoms with Crippen LogP contribution in [0.15, 0.2) is 66.7 Å². The van der Waals surface area contributed by atoms with Crippen molar-refractivity contribution in [2.45, 2.75) is 65.8 Å². The molecule has 3 aromatic rings. The Morgan fingerprint density at radius 1 is 0.842 bits per heavy atom. The second kappa shape index (κ2) is 12.4. The van der Waals surface area contributed by atoms with Gasteiger partial charge in [-0.1, -0.05) is 77.1 Å². The van der Waals surface area contributed by atoms with E-state index in [0.717, 1.165) is 11.1 Å². The van der Waals surface area contributed by atoms with Gasteiger partial charge in [0.15, 0.2) is 11.5 Å². The quantitative estimate of drug-likeness (QED) is 0.250. The van der Waals surface area contributed by atoms with Crippen LogP contribution in [0.25, 0.3) is 11.1 Å². The molecule has 0 aliphatic carbocycles. The molecule has 0 N–H and O–H groups in total. The molecule has 0 aliphatic heterocycles. The van der Waals surface area contributed by atoms with Crippen molar-refractivity contribution < 1.29 is 32.2 Å². The molecule has 0 aromatic heterocycles. The molecule has 38 heavy (non-hydrogen) atoms. The number of ketones is 1. The van der Waals surface area contributed by atoms with Crippen LogP contribution >= 0.6 is 0 Å². The molecule has 0 heterocycles. The van der Waals surface area contributed by atoms with Gasteiger partial charge < -0.3 is 14.2 Å². The smallest absolute Gasteiger partial charge is 0.490 e. The zero-order valence-electron chi connectivity index (χ0n) is 22.5. The number of alkyl halides is 3. The van der Waals surface area contributed by atoms with Crippen molar-refractivity contribution >= 4 is 5.78 Å². The van der Waals surface area contributed by atoms with Crippen LogP contribution in [0.3, 0.4) is 0 Å². The van der Waals surface area contributed by atoms with Crippen LogP contribution in [0.4, 0.5) is 13.2 Å². The summed E-state index contributed by atoms with van der Waals surface area (Å²) in [5, 5.41) is 0. The first kappa shape index (κ1) is 29.1. The zero-order valence-corrected chi connectivity index (χ0v) is 22.5. The summed E-state index contributed by atoms with van der Waals surface area (Å²) in [6, 6.07) is 19.3. The minimum Gasteiger partial charge on any atom is -0.490 e.